The zero-order valence-electron chi connectivity index (χ0n) is 8.10. The van der Waals surface area contributed by atoms with Crippen LogP contribution in [0.2, 0.25) is 0 Å². The van der Waals surface area contributed by atoms with Gasteiger partial charge in [0.25, 0.3) is 0 Å². The molecule has 0 amide bonds. The molecule has 7 heteroatoms. The molecule has 1 heterocycles. The summed E-state index contributed by atoms with van der Waals surface area (Å²) in [4.78, 5) is 0. The fourth-order valence-corrected chi connectivity index (χ4v) is 1.76. The molecule has 0 aliphatic carbocycles. The van der Waals surface area contributed by atoms with E-state index in [1.807, 2.05) is 13.8 Å². The van der Waals surface area contributed by atoms with Crippen LogP contribution in [0.5, 0.6) is 0 Å². The molecule has 0 saturated carbocycles. The number of nitrogens with one attached hydrogen (secondary N) is 1. The molecule has 1 N–H and O–H groups in total. The summed E-state index contributed by atoms with van der Waals surface area (Å²) in [5.74, 6) is -0.0717. The maximum atomic E-state index is 11.5. The highest BCUT2D eigenvalue weighted by Crippen LogP contribution is 2.04. The van der Waals surface area contributed by atoms with Gasteiger partial charge in [0.2, 0.25) is 9.84 Å². The van der Waals surface area contributed by atoms with Gasteiger partial charge in [-0.3, -0.25) is 0 Å². The van der Waals surface area contributed by atoms with Crippen LogP contribution in [0.3, 0.4) is 0 Å². The monoisotopic (exact) mass is 219 g/mol. The van der Waals surface area contributed by atoms with Gasteiger partial charge in [-0.25, -0.2) is 8.42 Å². The van der Waals surface area contributed by atoms with Gasteiger partial charge in [0.15, 0.2) is 5.03 Å². The first-order valence-electron chi connectivity index (χ1n) is 4.22. The molecule has 1 aromatic rings. The van der Waals surface area contributed by atoms with E-state index in [0.29, 0.717) is 0 Å². The van der Waals surface area contributed by atoms with Crippen molar-refractivity contribution in [3.05, 3.63) is 6.20 Å². The molecule has 80 valence electrons. The zero-order valence-corrected chi connectivity index (χ0v) is 8.91. The number of H-pyrrole nitrogens is 1. The van der Waals surface area contributed by atoms with Crippen LogP contribution in [0.25, 0.3) is 0 Å². The lowest BCUT2D eigenvalue weighted by atomic mass is 10.5. The Morgan fingerprint density at radius 1 is 1.57 bits per heavy atom. The number of hydrogen-bond donors (Lipinski definition) is 1. The van der Waals surface area contributed by atoms with Gasteiger partial charge < -0.3 is 4.74 Å². The molecule has 0 bridgehead atoms. The average molecular weight is 219 g/mol. The molecular formula is C7H13N3O3S. The Bertz CT molecular complexity index is 358. The molecule has 1 rings (SSSR count). The molecule has 0 fully saturated rings. The molecule has 0 atom stereocenters. The molecule has 6 nitrogen and oxygen atoms in total. The molecule has 14 heavy (non-hydrogen) atoms. The second-order valence-electron chi connectivity index (χ2n) is 3.05. The predicted molar refractivity (Wildman–Crippen MR) is 49.5 cm³/mol. The number of sulfone groups is 1. The molecule has 0 aliphatic rings. The third kappa shape index (κ3) is 3.08. The molecule has 0 spiro atoms. The lowest BCUT2D eigenvalue weighted by molar-refractivity contribution is 0.0912. The first-order valence-corrected chi connectivity index (χ1v) is 5.88. The van der Waals surface area contributed by atoms with E-state index in [0.717, 1.165) is 0 Å². The van der Waals surface area contributed by atoms with E-state index >= 15 is 0 Å². The first kappa shape index (κ1) is 11.1. The van der Waals surface area contributed by atoms with Gasteiger partial charge in [0.1, 0.15) is 0 Å². The van der Waals surface area contributed by atoms with Gasteiger partial charge >= 0.3 is 0 Å². The minimum Gasteiger partial charge on any atom is -0.378 e. The number of aromatic amines is 1. The third-order valence-corrected chi connectivity index (χ3v) is 3.05. The highest BCUT2D eigenvalue weighted by atomic mass is 32.2. The van der Waals surface area contributed by atoms with E-state index in [1.165, 1.54) is 6.20 Å². The van der Waals surface area contributed by atoms with Crippen molar-refractivity contribution in [2.75, 3.05) is 12.4 Å². The first-order chi connectivity index (χ1) is 6.52. The molecular weight excluding hydrogens is 206 g/mol. The van der Waals surface area contributed by atoms with E-state index in [-0.39, 0.29) is 23.5 Å². The van der Waals surface area contributed by atoms with E-state index in [9.17, 15) is 8.42 Å². The van der Waals surface area contributed by atoms with Crippen molar-refractivity contribution in [3.63, 3.8) is 0 Å². The predicted octanol–water partition coefficient (Wildman–Crippen LogP) is 0.00340. The van der Waals surface area contributed by atoms with Gasteiger partial charge in [0, 0.05) is 0 Å². The van der Waals surface area contributed by atoms with Crippen molar-refractivity contribution in [2.45, 2.75) is 25.0 Å². The van der Waals surface area contributed by atoms with Crippen molar-refractivity contribution in [1.29, 1.82) is 0 Å². The fourth-order valence-electron chi connectivity index (χ4n) is 0.839. The SMILES string of the molecule is CC(C)OCCS(=O)(=O)c1cn[nH]n1. The Morgan fingerprint density at radius 2 is 2.29 bits per heavy atom. The van der Waals surface area contributed by atoms with Gasteiger partial charge in [0.05, 0.1) is 24.7 Å². The Morgan fingerprint density at radius 3 is 2.79 bits per heavy atom. The maximum Gasteiger partial charge on any atom is 0.201 e. The second-order valence-corrected chi connectivity index (χ2v) is 5.10. The van der Waals surface area contributed by atoms with Crippen LogP contribution in [0.1, 0.15) is 13.8 Å². The van der Waals surface area contributed by atoms with Crippen LogP contribution >= 0.6 is 0 Å². The number of ether oxygens (including phenoxy) is 1. The summed E-state index contributed by atoms with van der Waals surface area (Å²) < 4.78 is 28.1. The van der Waals surface area contributed by atoms with Crippen LogP contribution in [-0.2, 0) is 14.6 Å². The lowest BCUT2D eigenvalue weighted by Crippen LogP contribution is -2.15. The summed E-state index contributed by atoms with van der Waals surface area (Å²) in [6, 6.07) is 0. The number of nitrogens with zero attached hydrogens (tertiary/aromatic N) is 2. The number of aromatic nitrogens is 3. The van der Waals surface area contributed by atoms with Crippen LogP contribution < -0.4 is 0 Å². The summed E-state index contributed by atoms with van der Waals surface area (Å²) >= 11 is 0. The molecule has 0 unspecified atom stereocenters. The van der Waals surface area contributed by atoms with Crippen molar-refractivity contribution in [3.8, 4) is 0 Å². The third-order valence-electron chi connectivity index (χ3n) is 1.51. The van der Waals surface area contributed by atoms with Gasteiger partial charge in [-0.2, -0.15) is 10.3 Å². The number of hydrogen-bond acceptors (Lipinski definition) is 5. The topological polar surface area (TPSA) is 84.9 Å². The van der Waals surface area contributed by atoms with E-state index < -0.39 is 9.84 Å². The van der Waals surface area contributed by atoms with Crippen molar-refractivity contribution >= 4 is 9.84 Å². The van der Waals surface area contributed by atoms with E-state index in [2.05, 4.69) is 15.4 Å². The zero-order chi connectivity index (χ0) is 10.6. The Labute approximate surface area is 82.6 Å². The largest absolute Gasteiger partial charge is 0.378 e. The number of rotatable bonds is 5. The summed E-state index contributed by atoms with van der Waals surface area (Å²) in [6.07, 6.45) is 1.22. The summed E-state index contributed by atoms with van der Waals surface area (Å²) in [6.45, 7) is 3.87. The standard InChI is InChI=1S/C7H13N3O3S/c1-6(2)13-3-4-14(11,12)7-5-8-10-9-7/h5-6H,3-4H2,1-2H3,(H,8,9,10). The minimum absolute atomic E-state index is 0.0301. The molecule has 0 aromatic carbocycles. The lowest BCUT2D eigenvalue weighted by Gasteiger charge is -2.06. The smallest absolute Gasteiger partial charge is 0.201 e. The highest BCUT2D eigenvalue weighted by Gasteiger charge is 2.17. The van der Waals surface area contributed by atoms with E-state index in [1.54, 1.807) is 0 Å². The van der Waals surface area contributed by atoms with Crippen LogP contribution in [0.4, 0.5) is 0 Å². The van der Waals surface area contributed by atoms with Crippen molar-refractivity contribution in [2.24, 2.45) is 0 Å². The molecule has 0 saturated heterocycles. The van der Waals surface area contributed by atoms with Crippen LogP contribution in [0.15, 0.2) is 11.2 Å². The Kier molecular flexibility index (Phi) is 3.59. The normalized spacial score (nSPS) is 12.2. The molecule has 1 aromatic heterocycles. The summed E-state index contributed by atoms with van der Waals surface area (Å²) in [7, 11) is -3.34. The highest BCUT2D eigenvalue weighted by molar-refractivity contribution is 7.91. The average Bonchev–Trinajstić information content (AvgIpc) is 2.54. The summed E-state index contributed by atoms with van der Waals surface area (Å²) in [5, 5.41) is 9.16. The van der Waals surface area contributed by atoms with Crippen molar-refractivity contribution in [1.82, 2.24) is 15.4 Å². The Hall–Kier alpha value is -0.950. The fraction of sp³-hybridized carbons (Fsp3) is 0.714. The van der Waals surface area contributed by atoms with Crippen LogP contribution in [0, 0.1) is 0 Å². The van der Waals surface area contributed by atoms with Gasteiger partial charge in [-0.05, 0) is 13.8 Å². The summed E-state index contributed by atoms with van der Waals surface area (Å²) in [5.41, 5.74) is 0. The van der Waals surface area contributed by atoms with E-state index in [4.69, 9.17) is 4.74 Å². The van der Waals surface area contributed by atoms with Gasteiger partial charge in [-0.1, -0.05) is 0 Å². The van der Waals surface area contributed by atoms with Crippen molar-refractivity contribution < 1.29 is 13.2 Å². The molecule has 0 aliphatic heterocycles. The van der Waals surface area contributed by atoms with Crippen LogP contribution in [-0.4, -0.2) is 42.3 Å². The quantitative estimate of drug-likeness (QED) is 0.753. The molecule has 0 radical (unpaired) electrons. The minimum atomic E-state index is -3.34. The Balaban J connectivity index is 2.52. The second kappa shape index (κ2) is 4.52. The maximum absolute atomic E-state index is 11.5. The van der Waals surface area contributed by atoms with Gasteiger partial charge in [-0.15, -0.1) is 5.10 Å².